The van der Waals surface area contributed by atoms with E-state index < -0.39 is 5.97 Å². The topological polar surface area (TPSA) is 80.7 Å². The number of carbonyl (C=O) groups excluding carboxylic acids is 2. The van der Waals surface area contributed by atoms with E-state index in [2.05, 4.69) is 6.92 Å². The minimum Gasteiger partial charge on any atom is -0.481 e. The molecule has 1 fully saturated rings. The molecule has 1 N–H and O–H groups in total. The van der Waals surface area contributed by atoms with Gasteiger partial charge in [0.05, 0.1) is 5.92 Å². The number of Topliss-reactive ketones (excluding diaryl/α,β-unsaturated/α-hetero) is 1. The summed E-state index contributed by atoms with van der Waals surface area (Å²) in [4.78, 5) is 36.1. The number of carboxylic acid groups (broad SMARTS) is 1. The highest BCUT2D eigenvalue weighted by Crippen LogP contribution is 2.38. The average Bonchev–Trinajstić information content (AvgIpc) is 3.12. The number of ether oxygens (including phenoxy) is 1. The number of rotatable bonds is 19. The summed E-state index contributed by atoms with van der Waals surface area (Å²) in [6.07, 6.45) is 15.6. The predicted molar refractivity (Wildman–Crippen MR) is 129 cm³/mol. The van der Waals surface area contributed by atoms with Gasteiger partial charge in [0.2, 0.25) is 0 Å². The molecular formula is C27H48O5. The first-order valence-corrected chi connectivity index (χ1v) is 13.4. The predicted octanol–water partition coefficient (Wildman–Crippen LogP) is 7.11. The van der Waals surface area contributed by atoms with Crippen LogP contribution in [0.1, 0.15) is 130 Å². The summed E-state index contributed by atoms with van der Waals surface area (Å²) in [6, 6.07) is 0. The number of carboxylic acids is 1. The molecule has 5 heteroatoms. The van der Waals surface area contributed by atoms with E-state index in [0.29, 0.717) is 31.5 Å². The molecule has 1 aliphatic carbocycles. The lowest BCUT2D eigenvalue weighted by atomic mass is 9.84. The first-order chi connectivity index (χ1) is 15.4. The molecule has 0 amide bonds. The lowest BCUT2D eigenvalue weighted by Gasteiger charge is -2.28. The van der Waals surface area contributed by atoms with Gasteiger partial charge in [-0.2, -0.15) is 0 Å². The van der Waals surface area contributed by atoms with Crippen LogP contribution in [-0.4, -0.2) is 28.9 Å². The fourth-order valence-electron chi connectivity index (χ4n) is 5.11. The van der Waals surface area contributed by atoms with Crippen LogP contribution in [0.5, 0.6) is 0 Å². The van der Waals surface area contributed by atoms with Crippen LogP contribution in [0.15, 0.2) is 0 Å². The van der Waals surface area contributed by atoms with Crippen molar-refractivity contribution in [3.63, 3.8) is 0 Å². The van der Waals surface area contributed by atoms with Crippen LogP contribution in [0.2, 0.25) is 0 Å². The van der Waals surface area contributed by atoms with Gasteiger partial charge in [0.25, 0.3) is 0 Å². The van der Waals surface area contributed by atoms with Gasteiger partial charge < -0.3 is 9.84 Å². The molecule has 0 aromatic rings. The molecule has 0 aromatic carbocycles. The fraction of sp³-hybridized carbons (Fsp3) is 0.889. The summed E-state index contributed by atoms with van der Waals surface area (Å²) in [5, 5.41) is 9.19. The standard InChI is InChI=1S/C27H48O5/c1-4-7-8-9-10-14-18-25(32-26(29)15-5-2)23-19-20-24(28)22(23)17-13-11-12-16-21(6-3)27(30)31/h21-23,25H,4-20H2,1-3H3,(H,30,31)/t21?,22-,23+,25?/m1/s1. The van der Waals surface area contributed by atoms with Gasteiger partial charge >= 0.3 is 11.9 Å². The Morgan fingerprint density at radius 3 is 2.25 bits per heavy atom. The molecule has 1 aliphatic rings. The third kappa shape index (κ3) is 11.0. The van der Waals surface area contributed by atoms with Gasteiger partial charge in [-0.15, -0.1) is 0 Å². The number of aliphatic carboxylic acids is 1. The molecule has 1 saturated carbocycles. The molecule has 186 valence electrons. The molecule has 2 unspecified atom stereocenters. The zero-order valence-corrected chi connectivity index (χ0v) is 20.9. The first kappa shape index (κ1) is 28.6. The minimum absolute atomic E-state index is 0.00374. The van der Waals surface area contributed by atoms with Crippen LogP contribution in [0.4, 0.5) is 0 Å². The number of esters is 1. The van der Waals surface area contributed by atoms with Gasteiger partial charge in [-0.3, -0.25) is 14.4 Å². The second kappa shape index (κ2) is 17.1. The van der Waals surface area contributed by atoms with Crippen LogP contribution in [0.25, 0.3) is 0 Å². The van der Waals surface area contributed by atoms with E-state index in [1.165, 1.54) is 25.7 Å². The summed E-state index contributed by atoms with van der Waals surface area (Å²) in [5.41, 5.74) is 0. The minimum atomic E-state index is -0.704. The first-order valence-electron chi connectivity index (χ1n) is 13.4. The summed E-state index contributed by atoms with van der Waals surface area (Å²) in [6.45, 7) is 6.12. The van der Waals surface area contributed by atoms with E-state index in [4.69, 9.17) is 4.74 Å². The maximum absolute atomic E-state index is 12.6. The number of hydrogen-bond acceptors (Lipinski definition) is 4. The lowest BCUT2D eigenvalue weighted by Crippen LogP contribution is -2.31. The van der Waals surface area contributed by atoms with Crippen LogP contribution in [0.3, 0.4) is 0 Å². The summed E-state index contributed by atoms with van der Waals surface area (Å²) in [5.74, 6) is -0.606. The zero-order chi connectivity index (χ0) is 23.8. The van der Waals surface area contributed by atoms with Crippen molar-refractivity contribution in [1.29, 1.82) is 0 Å². The van der Waals surface area contributed by atoms with E-state index >= 15 is 0 Å². The Balaban J connectivity index is 2.57. The molecule has 32 heavy (non-hydrogen) atoms. The van der Waals surface area contributed by atoms with E-state index in [-0.39, 0.29) is 29.8 Å². The van der Waals surface area contributed by atoms with Crippen molar-refractivity contribution in [2.75, 3.05) is 0 Å². The largest absolute Gasteiger partial charge is 0.481 e. The van der Waals surface area contributed by atoms with Crippen molar-refractivity contribution in [3.8, 4) is 0 Å². The van der Waals surface area contributed by atoms with Crippen LogP contribution >= 0.6 is 0 Å². The smallest absolute Gasteiger partial charge is 0.306 e. The monoisotopic (exact) mass is 452 g/mol. The quantitative estimate of drug-likeness (QED) is 0.167. The molecule has 0 saturated heterocycles. The van der Waals surface area contributed by atoms with E-state index in [9.17, 15) is 19.5 Å². The Hall–Kier alpha value is -1.39. The Bertz CT molecular complexity index is 544. The second-order valence-corrected chi connectivity index (χ2v) is 9.69. The second-order valence-electron chi connectivity index (χ2n) is 9.69. The number of hydrogen-bond donors (Lipinski definition) is 1. The van der Waals surface area contributed by atoms with Gasteiger partial charge in [0.15, 0.2) is 0 Å². The van der Waals surface area contributed by atoms with Crippen molar-refractivity contribution < 1.29 is 24.2 Å². The van der Waals surface area contributed by atoms with Crippen LogP contribution in [-0.2, 0) is 19.1 Å². The van der Waals surface area contributed by atoms with Gasteiger partial charge in [-0.1, -0.05) is 72.1 Å². The maximum atomic E-state index is 12.6. The number of unbranched alkanes of at least 4 members (excludes halogenated alkanes) is 7. The molecule has 0 radical (unpaired) electrons. The third-order valence-electron chi connectivity index (χ3n) is 7.12. The molecule has 0 spiro atoms. The molecule has 0 aliphatic heterocycles. The highest BCUT2D eigenvalue weighted by atomic mass is 16.5. The zero-order valence-electron chi connectivity index (χ0n) is 20.9. The highest BCUT2D eigenvalue weighted by Gasteiger charge is 2.40. The van der Waals surface area contributed by atoms with Crippen molar-refractivity contribution in [2.24, 2.45) is 17.8 Å². The van der Waals surface area contributed by atoms with E-state index in [0.717, 1.165) is 57.8 Å². The Morgan fingerprint density at radius 2 is 1.59 bits per heavy atom. The summed E-state index contributed by atoms with van der Waals surface area (Å²) in [7, 11) is 0. The number of ketones is 1. The molecule has 0 heterocycles. The van der Waals surface area contributed by atoms with Crippen molar-refractivity contribution in [3.05, 3.63) is 0 Å². The van der Waals surface area contributed by atoms with Gasteiger partial charge in [0.1, 0.15) is 11.9 Å². The van der Waals surface area contributed by atoms with Gasteiger partial charge in [-0.05, 0) is 44.9 Å². The number of carbonyl (C=O) groups is 3. The molecule has 0 bridgehead atoms. The molecule has 1 rings (SSSR count). The Morgan fingerprint density at radius 1 is 0.938 bits per heavy atom. The Kier molecular flexibility index (Phi) is 15.3. The van der Waals surface area contributed by atoms with Crippen molar-refractivity contribution in [2.45, 2.75) is 136 Å². The molecular weight excluding hydrogens is 404 g/mol. The van der Waals surface area contributed by atoms with Gasteiger partial charge in [0, 0.05) is 24.7 Å². The van der Waals surface area contributed by atoms with Crippen LogP contribution in [0, 0.1) is 17.8 Å². The third-order valence-corrected chi connectivity index (χ3v) is 7.12. The maximum Gasteiger partial charge on any atom is 0.306 e. The SMILES string of the molecule is CCCCCCCCC(OC(=O)CCC)[C@H]1CCC(=O)[C@@H]1CCCCCC(CC)C(=O)O. The normalized spacial score (nSPS) is 20.3. The molecule has 5 nitrogen and oxygen atoms in total. The fourth-order valence-corrected chi connectivity index (χ4v) is 5.11. The van der Waals surface area contributed by atoms with E-state index in [1.807, 2.05) is 13.8 Å². The van der Waals surface area contributed by atoms with Crippen molar-refractivity contribution >= 4 is 17.7 Å². The van der Waals surface area contributed by atoms with E-state index in [1.54, 1.807) is 0 Å². The molecule has 0 aromatic heterocycles. The Labute approximate surface area is 196 Å². The van der Waals surface area contributed by atoms with Crippen LogP contribution < -0.4 is 0 Å². The van der Waals surface area contributed by atoms with Gasteiger partial charge in [-0.25, -0.2) is 0 Å². The lowest BCUT2D eigenvalue weighted by molar-refractivity contribution is -0.154. The average molecular weight is 453 g/mol. The summed E-state index contributed by atoms with van der Waals surface area (Å²) < 4.78 is 5.92. The summed E-state index contributed by atoms with van der Waals surface area (Å²) >= 11 is 0. The highest BCUT2D eigenvalue weighted by molar-refractivity contribution is 5.83. The molecule has 4 atom stereocenters. The van der Waals surface area contributed by atoms with Crippen molar-refractivity contribution in [1.82, 2.24) is 0 Å².